The minimum Gasteiger partial charge on any atom is -0.353 e. The number of fused-ring (bicyclic) bond motifs is 1. The first-order chi connectivity index (χ1) is 13.3. The number of thioether (sulfide) groups is 1. The molecule has 2 aromatic heterocycles. The summed E-state index contributed by atoms with van der Waals surface area (Å²) in [6.45, 7) is 7.74. The van der Waals surface area contributed by atoms with Crippen LogP contribution >= 0.6 is 23.4 Å². The van der Waals surface area contributed by atoms with Crippen molar-refractivity contribution in [2.45, 2.75) is 45.3 Å². The third-order valence-electron chi connectivity index (χ3n) is 4.69. The zero-order valence-electron chi connectivity index (χ0n) is 16.3. The summed E-state index contributed by atoms with van der Waals surface area (Å²) in [5.41, 5.74) is 3.40. The van der Waals surface area contributed by atoms with E-state index in [0.717, 1.165) is 17.7 Å². The molecule has 1 aromatic carbocycles. The van der Waals surface area contributed by atoms with Crippen LogP contribution in [0, 0.1) is 13.8 Å². The summed E-state index contributed by atoms with van der Waals surface area (Å²) in [4.78, 5) is 33.1. The highest BCUT2D eigenvalue weighted by atomic mass is 35.5. The average molecular weight is 419 g/mol. The molecule has 0 aliphatic rings. The summed E-state index contributed by atoms with van der Waals surface area (Å²) >= 11 is 7.37. The van der Waals surface area contributed by atoms with Crippen LogP contribution in [-0.2, 0) is 4.79 Å². The van der Waals surface area contributed by atoms with Gasteiger partial charge in [0, 0.05) is 22.4 Å². The molecule has 0 bridgehead atoms. The van der Waals surface area contributed by atoms with Crippen LogP contribution in [0.25, 0.3) is 11.0 Å². The van der Waals surface area contributed by atoms with E-state index in [1.807, 2.05) is 39.8 Å². The minimum atomic E-state index is -0.175. The second kappa shape index (κ2) is 8.41. The fourth-order valence-corrected chi connectivity index (χ4v) is 3.99. The van der Waals surface area contributed by atoms with Crippen molar-refractivity contribution in [3.63, 3.8) is 0 Å². The van der Waals surface area contributed by atoms with Crippen molar-refractivity contribution in [3.8, 4) is 0 Å². The molecule has 1 atom stereocenters. The van der Waals surface area contributed by atoms with E-state index in [1.165, 1.54) is 11.8 Å². The summed E-state index contributed by atoms with van der Waals surface area (Å²) in [6, 6.07) is 7.21. The number of halogens is 1. The number of aromatic nitrogens is 3. The van der Waals surface area contributed by atoms with Crippen molar-refractivity contribution in [2.24, 2.45) is 0 Å². The van der Waals surface area contributed by atoms with Gasteiger partial charge in [0.25, 0.3) is 5.56 Å². The van der Waals surface area contributed by atoms with E-state index < -0.39 is 0 Å². The molecule has 28 heavy (non-hydrogen) atoms. The molecular weight excluding hydrogens is 396 g/mol. The Bertz CT molecular complexity index is 1090. The maximum absolute atomic E-state index is 12.9. The molecule has 1 amide bonds. The third-order valence-corrected chi connectivity index (χ3v) is 6.05. The lowest BCUT2D eigenvalue weighted by Crippen LogP contribution is -2.26. The first-order valence-electron chi connectivity index (χ1n) is 9.11. The summed E-state index contributed by atoms with van der Waals surface area (Å²) in [6.07, 6.45) is 0.786. The van der Waals surface area contributed by atoms with Crippen LogP contribution in [0.1, 0.15) is 37.6 Å². The van der Waals surface area contributed by atoms with Gasteiger partial charge in [0.05, 0.1) is 11.3 Å². The molecule has 2 N–H and O–H groups in total. The molecule has 3 rings (SSSR count). The number of benzene rings is 1. The molecule has 0 aliphatic heterocycles. The Morgan fingerprint density at radius 3 is 2.86 bits per heavy atom. The highest BCUT2D eigenvalue weighted by Gasteiger charge is 2.18. The van der Waals surface area contributed by atoms with Gasteiger partial charge < -0.3 is 10.3 Å². The van der Waals surface area contributed by atoms with E-state index in [0.29, 0.717) is 26.9 Å². The summed E-state index contributed by atoms with van der Waals surface area (Å²) in [5, 5.41) is 4.02. The van der Waals surface area contributed by atoms with Gasteiger partial charge in [0.2, 0.25) is 5.91 Å². The molecule has 0 fully saturated rings. The SMILES string of the molecule is CCC(C)n1c(SCC(=O)Nc2cccc(Cl)c2C)nc2cc(C)[nH]c2c1=O. The minimum absolute atomic E-state index is 0.0197. The lowest BCUT2D eigenvalue weighted by atomic mass is 10.2. The molecule has 0 saturated heterocycles. The second-order valence-electron chi connectivity index (χ2n) is 6.79. The van der Waals surface area contributed by atoms with Gasteiger partial charge in [-0.2, -0.15) is 0 Å². The Kier molecular flexibility index (Phi) is 6.15. The van der Waals surface area contributed by atoms with Crippen LogP contribution in [0.2, 0.25) is 5.02 Å². The predicted octanol–water partition coefficient (Wildman–Crippen LogP) is 4.70. The molecule has 8 heteroatoms. The van der Waals surface area contributed by atoms with E-state index in [-0.39, 0.29) is 23.3 Å². The predicted molar refractivity (Wildman–Crippen MR) is 116 cm³/mol. The first-order valence-corrected chi connectivity index (χ1v) is 10.5. The Labute approximate surface area is 172 Å². The van der Waals surface area contributed by atoms with Crippen LogP contribution in [-0.4, -0.2) is 26.2 Å². The number of H-pyrrole nitrogens is 1. The van der Waals surface area contributed by atoms with Gasteiger partial charge in [0.15, 0.2) is 5.16 Å². The van der Waals surface area contributed by atoms with Gasteiger partial charge in [-0.3, -0.25) is 14.2 Å². The molecule has 6 nitrogen and oxygen atoms in total. The molecule has 0 radical (unpaired) electrons. The molecule has 0 aliphatic carbocycles. The molecule has 2 heterocycles. The number of hydrogen-bond acceptors (Lipinski definition) is 4. The maximum Gasteiger partial charge on any atom is 0.278 e. The van der Waals surface area contributed by atoms with E-state index in [4.69, 9.17) is 11.6 Å². The number of hydrogen-bond donors (Lipinski definition) is 2. The van der Waals surface area contributed by atoms with E-state index >= 15 is 0 Å². The van der Waals surface area contributed by atoms with Gasteiger partial charge in [0.1, 0.15) is 5.52 Å². The van der Waals surface area contributed by atoms with Crippen molar-refractivity contribution in [2.75, 3.05) is 11.1 Å². The largest absolute Gasteiger partial charge is 0.353 e. The second-order valence-corrected chi connectivity index (χ2v) is 8.14. The maximum atomic E-state index is 12.9. The smallest absolute Gasteiger partial charge is 0.278 e. The number of rotatable bonds is 6. The van der Waals surface area contributed by atoms with Crippen LogP contribution in [0.3, 0.4) is 0 Å². The average Bonchev–Trinajstić information content (AvgIpc) is 3.04. The van der Waals surface area contributed by atoms with Crippen molar-refractivity contribution >= 4 is 46.0 Å². The standard InChI is InChI=1S/C20H23ClN4O2S/c1-5-12(3)25-19(27)18-16(9-11(2)22-18)24-20(25)28-10-17(26)23-15-8-6-7-14(21)13(15)4/h6-9,12,22H,5,10H2,1-4H3,(H,23,26). The van der Waals surface area contributed by atoms with Crippen molar-refractivity contribution in [3.05, 3.63) is 50.9 Å². The Hall–Kier alpha value is -2.25. The number of carbonyl (C=O) groups excluding carboxylic acids is 1. The van der Waals surface area contributed by atoms with E-state index in [9.17, 15) is 9.59 Å². The number of nitrogens with one attached hydrogen (secondary N) is 2. The number of aromatic amines is 1. The topological polar surface area (TPSA) is 79.8 Å². The summed E-state index contributed by atoms with van der Waals surface area (Å²) in [7, 11) is 0. The Morgan fingerprint density at radius 2 is 2.14 bits per heavy atom. The van der Waals surface area contributed by atoms with Crippen LogP contribution in [0.5, 0.6) is 0 Å². The number of anilines is 1. The third kappa shape index (κ3) is 4.10. The lowest BCUT2D eigenvalue weighted by Gasteiger charge is -2.17. The number of amides is 1. The highest BCUT2D eigenvalue weighted by molar-refractivity contribution is 7.99. The summed E-state index contributed by atoms with van der Waals surface area (Å²) in [5.74, 6) is -0.0327. The van der Waals surface area contributed by atoms with Crippen molar-refractivity contribution in [1.29, 1.82) is 0 Å². The van der Waals surface area contributed by atoms with E-state index in [1.54, 1.807) is 16.7 Å². The van der Waals surface area contributed by atoms with Gasteiger partial charge in [-0.15, -0.1) is 0 Å². The molecular formula is C20H23ClN4O2S. The summed E-state index contributed by atoms with van der Waals surface area (Å²) < 4.78 is 1.67. The zero-order chi connectivity index (χ0) is 20.4. The number of nitrogens with zero attached hydrogens (tertiary/aromatic N) is 2. The van der Waals surface area contributed by atoms with Crippen molar-refractivity contribution < 1.29 is 4.79 Å². The fourth-order valence-electron chi connectivity index (χ4n) is 2.92. The number of carbonyl (C=O) groups is 1. The fraction of sp³-hybridized carbons (Fsp3) is 0.350. The quantitative estimate of drug-likeness (QED) is 0.449. The molecule has 1 unspecified atom stereocenters. The molecule has 0 saturated carbocycles. The number of aryl methyl sites for hydroxylation is 1. The highest BCUT2D eigenvalue weighted by Crippen LogP contribution is 2.25. The first kappa shape index (κ1) is 20.5. The monoisotopic (exact) mass is 418 g/mol. The van der Waals surface area contributed by atoms with Crippen LogP contribution < -0.4 is 10.9 Å². The normalized spacial score (nSPS) is 12.3. The zero-order valence-corrected chi connectivity index (χ0v) is 17.9. The molecule has 3 aromatic rings. The van der Waals surface area contributed by atoms with E-state index in [2.05, 4.69) is 15.3 Å². The van der Waals surface area contributed by atoms with Gasteiger partial charge in [-0.05, 0) is 51.0 Å². The molecule has 148 valence electrons. The van der Waals surface area contributed by atoms with Crippen LogP contribution in [0.15, 0.2) is 34.2 Å². The Balaban J connectivity index is 1.86. The lowest BCUT2D eigenvalue weighted by molar-refractivity contribution is -0.113. The van der Waals surface area contributed by atoms with Crippen LogP contribution in [0.4, 0.5) is 5.69 Å². The van der Waals surface area contributed by atoms with Gasteiger partial charge >= 0.3 is 0 Å². The Morgan fingerprint density at radius 1 is 1.39 bits per heavy atom. The van der Waals surface area contributed by atoms with Gasteiger partial charge in [-0.1, -0.05) is 36.4 Å². The van der Waals surface area contributed by atoms with Crippen molar-refractivity contribution in [1.82, 2.24) is 14.5 Å². The molecule has 0 spiro atoms. The van der Waals surface area contributed by atoms with Gasteiger partial charge in [-0.25, -0.2) is 4.98 Å².